The van der Waals surface area contributed by atoms with Gasteiger partial charge in [-0.25, -0.2) is 0 Å². The lowest BCUT2D eigenvalue weighted by Gasteiger charge is -2.22. The first-order valence-corrected chi connectivity index (χ1v) is 23.9. The molecule has 0 aromatic rings. The Labute approximate surface area is 327 Å². The molecule has 2 unspecified atom stereocenters. The number of aliphatic hydroxyl groups excluding tert-OH is 1. The van der Waals surface area contributed by atoms with Crippen molar-refractivity contribution in [2.45, 2.75) is 259 Å². The highest BCUT2D eigenvalue weighted by atomic mass is 16.3. The number of Topliss-reactive ketones (excluding diaryl/α,β-unsaturated/α-hetero) is 2. The van der Waals surface area contributed by atoms with Gasteiger partial charge in [-0.15, -0.1) is 0 Å². The van der Waals surface area contributed by atoms with Crippen molar-refractivity contribution in [3.05, 3.63) is 0 Å². The van der Waals surface area contributed by atoms with Crippen LogP contribution in [0.15, 0.2) is 0 Å². The van der Waals surface area contributed by atoms with Crippen molar-refractivity contribution in [2.75, 3.05) is 26.2 Å². The molecule has 0 aliphatic rings. The van der Waals surface area contributed by atoms with Gasteiger partial charge in [0.25, 0.3) is 0 Å². The van der Waals surface area contributed by atoms with Crippen LogP contribution in [0.3, 0.4) is 0 Å². The first kappa shape index (κ1) is 51.3. The first-order chi connectivity index (χ1) is 25.5. The van der Waals surface area contributed by atoms with Crippen molar-refractivity contribution in [1.29, 1.82) is 0 Å². The summed E-state index contributed by atoms with van der Waals surface area (Å²) in [5, 5.41) is 9.40. The second kappa shape index (κ2) is 41.4. The number of rotatable bonds is 44. The fourth-order valence-corrected chi connectivity index (χ4v) is 8.07. The van der Waals surface area contributed by atoms with Gasteiger partial charge in [-0.2, -0.15) is 0 Å². The predicted molar refractivity (Wildman–Crippen MR) is 229 cm³/mol. The van der Waals surface area contributed by atoms with E-state index < -0.39 is 0 Å². The lowest BCUT2D eigenvalue weighted by molar-refractivity contribution is -0.124. The van der Waals surface area contributed by atoms with Crippen LogP contribution < -0.4 is 0 Å². The fraction of sp³-hybridized carbons (Fsp3) is 0.958. The van der Waals surface area contributed by atoms with Crippen LogP contribution >= 0.6 is 0 Å². The first-order valence-electron chi connectivity index (χ1n) is 23.9. The van der Waals surface area contributed by atoms with Gasteiger partial charge in [0.05, 0.1) is 0 Å². The van der Waals surface area contributed by atoms with Crippen LogP contribution in [0.25, 0.3) is 0 Å². The Morgan fingerprint density at radius 1 is 0.365 bits per heavy atom. The topological polar surface area (TPSA) is 57.6 Å². The van der Waals surface area contributed by atoms with Crippen LogP contribution in [0.2, 0.25) is 0 Å². The normalized spacial score (nSPS) is 12.9. The Morgan fingerprint density at radius 2 is 0.654 bits per heavy atom. The van der Waals surface area contributed by atoms with Gasteiger partial charge in [-0.3, -0.25) is 9.59 Å². The molecule has 0 fully saturated rings. The molecule has 0 aromatic carbocycles. The van der Waals surface area contributed by atoms with Gasteiger partial charge < -0.3 is 10.0 Å². The van der Waals surface area contributed by atoms with Crippen LogP contribution in [0.5, 0.6) is 0 Å². The molecule has 0 radical (unpaired) electrons. The molecular weight excluding hydrogens is 639 g/mol. The SMILES string of the molecule is CCCCCCC(CCCC)C(=O)CCCCCCCCCCCN(CCCO)CCCCCCCCCCC(=O)C(CCCC)CCCCCC. The Kier molecular flexibility index (Phi) is 40.8. The molecular formula is C48H95NO3. The van der Waals surface area contributed by atoms with Gasteiger partial charge in [0, 0.05) is 37.8 Å². The van der Waals surface area contributed by atoms with Gasteiger partial charge in [0.2, 0.25) is 0 Å². The summed E-state index contributed by atoms with van der Waals surface area (Å²) in [6, 6.07) is 0. The highest BCUT2D eigenvalue weighted by Crippen LogP contribution is 2.23. The summed E-state index contributed by atoms with van der Waals surface area (Å²) >= 11 is 0. The van der Waals surface area contributed by atoms with Crippen molar-refractivity contribution in [3.63, 3.8) is 0 Å². The quantitative estimate of drug-likeness (QED) is 0.0634. The highest BCUT2D eigenvalue weighted by molar-refractivity contribution is 5.81. The molecule has 0 heterocycles. The van der Waals surface area contributed by atoms with Gasteiger partial charge in [0.15, 0.2) is 0 Å². The van der Waals surface area contributed by atoms with E-state index in [0.29, 0.717) is 30.0 Å². The maximum atomic E-state index is 12.9. The predicted octanol–water partition coefficient (Wildman–Crippen LogP) is 14.8. The third-order valence-electron chi connectivity index (χ3n) is 11.7. The summed E-state index contributed by atoms with van der Waals surface area (Å²) in [4.78, 5) is 28.3. The molecule has 310 valence electrons. The number of hydrogen-bond acceptors (Lipinski definition) is 4. The van der Waals surface area contributed by atoms with Gasteiger partial charge in [0.1, 0.15) is 11.6 Å². The Hall–Kier alpha value is -0.740. The second-order valence-electron chi connectivity index (χ2n) is 16.7. The van der Waals surface area contributed by atoms with Gasteiger partial charge in [-0.1, -0.05) is 188 Å². The molecule has 0 rings (SSSR count). The molecule has 4 heteroatoms. The highest BCUT2D eigenvalue weighted by Gasteiger charge is 2.18. The Bertz CT molecular complexity index is 739. The number of carbonyl (C=O) groups is 2. The molecule has 0 saturated carbocycles. The molecule has 0 aliphatic carbocycles. The van der Waals surface area contributed by atoms with Crippen LogP contribution in [-0.4, -0.2) is 47.8 Å². The van der Waals surface area contributed by atoms with Crippen LogP contribution in [0, 0.1) is 11.8 Å². The van der Waals surface area contributed by atoms with Crippen molar-refractivity contribution in [1.82, 2.24) is 4.90 Å². The van der Waals surface area contributed by atoms with E-state index >= 15 is 0 Å². The molecule has 4 nitrogen and oxygen atoms in total. The largest absolute Gasteiger partial charge is 0.396 e. The van der Waals surface area contributed by atoms with E-state index in [0.717, 1.165) is 64.3 Å². The zero-order valence-corrected chi connectivity index (χ0v) is 36.1. The number of aliphatic hydroxyl groups is 1. The molecule has 0 spiro atoms. The molecule has 1 N–H and O–H groups in total. The molecule has 0 saturated heterocycles. The number of nitrogens with zero attached hydrogens (tertiary/aromatic N) is 1. The van der Waals surface area contributed by atoms with Crippen molar-refractivity contribution >= 4 is 11.6 Å². The summed E-state index contributed by atoms with van der Waals surface area (Å²) in [5.41, 5.74) is 0. The molecule has 0 aliphatic heterocycles. The van der Waals surface area contributed by atoms with Gasteiger partial charge in [-0.05, 0) is 70.9 Å². The number of carbonyl (C=O) groups excluding carboxylic acids is 2. The Morgan fingerprint density at radius 3 is 1.00 bits per heavy atom. The monoisotopic (exact) mass is 734 g/mol. The maximum absolute atomic E-state index is 12.9. The zero-order chi connectivity index (χ0) is 38.2. The lowest BCUT2D eigenvalue weighted by atomic mass is 9.89. The number of hydrogen-bond donors (Lipinski definition) is 1. The van der Waals surface area contributed by atoms with E-state index in [2.05, 4.69) is 32.6 Å². The minimum Gasteiger partial charge on any atom is -0.396 e. The minimum atomic E-state index is 0.299. The van der Waals surface area contributed by atoms with Crippen molar-refractivity contribution in [3.8, 4) is 0 Å². The van der Waals surface area contributed by atoms with E-state index in [1.165, 1.54) is 186 Å². The van der Waals surface area contributed by atoms with E-state index in [1.54, 1.807) is 0 Å². The van der Waals surface area contributed by atoms with Gasteiger partial charge >= 0.3 is 0 Å². The lowest BCUT2D eigenvalue weighted by Crippen LogP contribution is -2.27. The summed E-state index contributed by atoms with van der Waals surface area (Å²) in [5.74, 6) is 1.79. The molecule has 2 atom stereocenters. The summed E-state index contributed by atoms with van der Waals surface area (Å²) in [6.45, 7) is 12.7. The third kappa shape index (κ3) is 33.8. The number of ketones is 2. The smallest absolute Gasteiger partial charge is 0.135 e. The minimum absolute atomic E-state index is 0.299. The second-order valence-corrected chi connectivity index (χ2v) is 16.7. The van der Waals surface area contributed by atoms with Crippen LogP contribution in [0.1, 0.15) is 259 Å². The molecule has 52 heavy (non-hydrogen) atoms. The molecule has 0 aromatic heterocycles. The van der Waals surface area contributed by atoms with E-state index in [1.807, 2.05) is 0 Å². The summed E-state index contributed by atoms with van der Waals surface area (Å²) in [6.07, 6.45) is 43.8. The van der Waals surface area contributed by atoms with E-state index in [4.69, 9.17) is 0 Å². The standard InChI is InChI=1S/C48H95NO3/c1-5-9-13-28-37-45(35-11-7-3)47(51)39-30-24-20-16-15-18-22-26-32-41-49(43-34-44-50)42-33-27-23-19-17-21-25-31-40-48(52)46(36-12-8-4)38-29-14-10-6-2/h45-46,50H,5-44H2,1-4H3. The molecule has 0 amide bonds. The summed E-state index contributed by atoms with van der Waals surface area (Å²) in [7, 11) is 0. The average Bonchev–Trinajstić information content (AvgIpc) is 3.15. The maximum Gasteiger partial charge on any atom is 0.135 e. The summed E-state index contributed by atoms with van der Waals surface area (Å²) < 4.78 is 0. The van der Waals surface area contributed by atoms with E-state index in [9.17, 15) is 14.7 Å². The zero-order valence-electron chi connectivity index (χ0n) is 36.1. The number of unbranched alkanes of at least 4 members (excludes halogenated alkanes) is 23. The average molecular weight is 734 g/mol. The van der Waals surface area contributed by atoms with Crippen LogP contribution in [-0.2, 0) is 9.59 Å². The Balaban J connectivity index is 3.89. The molecule has 0 bridgehead atoms. The third-order valence-corrected chi connectivity index (χ3v) is 11.7. The fourth-order valence-electron chi connectivity index (χ4n) is 8.07. The van der Waals surface area contributed by atoms with Crippen molar-refractivity contribution < 1.29 is 14.7 Å². The van der Waals surface area contributed by atoms with E-state index in [-0.39, 0.29) is 0 Å². The van der Waals surface area contributed by atoms with Crippen molar-refractivity contribution in [2.24, 2.45) is 11.8 Å². The van der Waals surface area contributed by atoms with Crippen LogP contribution in [0.4, 0.5) is 0 Å².